The Morgan fingerprint density at radius 2 is 1.50 bits per heavy atom. The summed E-state index contributed by atoms with van der Waals surface area (Å²) in [4.78, 5) is 11.8. The maximum absolute atomic E-state index is 11.8. The zero-order valence-electron chi connectivity index (χ0n) is 12.7. The highest BCUT2D eigenvalue weighted by atomic mass is 16.5. The lowest BCUT2D eigenvalue weighted by Crippen LogP contribution is -2.04. The summed E-state index contributed by atoms with van der Waals surface area (Å²) in [5, 5.41) is 0. The third-order valence-electron chi connectivity index (χ3n) is 3.06. The molecular formula is C18H16O4. The second-order valence-corrected chi connectivity index (χ2v) is 4.38. The Morgan fingerprint density at radius 3 is 2.09 bits per heavy atom. The minimum absolute atomic E-state index is 0.378. The summed E-state index contributed by atoms with van der Waals surface area (Å²) in [7, 11) is 4.49. The summed E-state index contributed by atoms with van der Waals surface area (Å²) < 4.78 is 15.0. The van der Waals surface area contributed by atoms with E-state index in [9.17, 15) is 4.79 Å². The van der Waals surface area contributed by atoms with Gasteiger partial charge in [-0.2, -0.15) is 0 Å². The molecule has 0 spiro atoms. The molecule has 4 nitrogen and oxygen atoms in total. The number of carbonyl (C=O) groups excluding carboxylic acids is 1. The van der Waals surface area contributed by atoms with Crippen molar-refractivity contribution in [2.45, 2.75) is 0 Å². The van der Waals surface area contributed by atoms with Crippen molar-refractivity contribution in [2.24, 2.45) is 0 Å². The van der Waals surface area contributed by atoms with Crippen molar-refractivity contribution in [2.75, 3.05) is 21.3 Å². The summed E-state index contributed by atoms with van der Waals surface area (Å²) in [5.74, 6) is 6.90. The van der Waals surface area contributed by atoms with Crippen molar-refractivity contribution < 1.29 is 19.0 Å². The minimum atomic E-state index is -0.446. The summed E-state index contributed by atoms with van der Waals surface area (Å²) in [6.45, 7) is 0. The van der Waals surface area contributed by atoms with E-state index in [4.69, 9.17) is 14.2 Å². The fraction of sp³-hybridized carbons (Fsp3) is 0.167. The van der Waals surface area contributed by atoms with Crippen LogP contribution in [0.3, 0.4) is 0 Å². The van der Waals surface area contributed by atoms with Gasteiger partial charge in [-0.1, -0.05) is 11.8 Å². The van der Waals surface area contributed by atoms with Gasteiger partial charge in [-0.25, -0.2) is 4.79 Å². The van der Waals surface area contributed by atoms with E-state index in [1.807, 2.05) is 24.3 Å². The van der Waals surface area contributed by atoms with E-state index in [2.05, 4.69) is 11.8 Å². The molecule has 22 heavy (non-hydrogen) atoms. The first kappa shape index (κ1) is 15.5. The van der Waals surface area contributed by atoms with Gasteiger partial charge in [0.05, 0.1) is 26.9 Å². The van der Waals surface area contributed by atoms with Gasteiger partial charge in [-0.05, 0) is 42.5 Å². The average Bonchev–Trinajstić information content (AvgIpc) is 2.59. The first-order valence-corrected chi connectivity index (χ1v) is 6.60. The van der Waals surface area contributed by atoms with E-state index >= 15 is 0 Å². The fourth-order valence-electron chi connectivity index (χ4n) is 1.85. The van der Waals surface area contributed by atoms with Gasteiger partial charge >= 0.3 is 5.97 Å². The Labute approximate surface area is 129 Å². The molecule has 0 atom stereocenters. The molecule has 0 saturated heterocycles. The highest BCUT2D eigenvalue weighted by Gasteiger charge is 2.11. The summed E-state index contributed by atoms with van der Waals surface area (Å²) in [5.41, 5.74) is 1.79. The van der Waals surface area contributed by atoms with Gasteiger partial charge in [-0.3, -0.25) is 0 Å². The second kappa shape index (κ2) is 7.19. The van der Waals surface area contributed by atoms with E-state index < -0.39 is 5.97 Å². The lowest BCUT2D eigenvalue weighted by atomic mass is 10.1. The second-order valence-electron chi connectivity index (χ2n) is 4.38. The van der Waals surface area contributed by atoms with Gasteiger partial charge in [0.15, 0.2) is 0 Å². The molecule has 0 bridgehead atoms. The van der Waals surface area contributed by atoms with E-state index in [0.717, 1.165) is 11.3 Å². The third-order valence-corrected chi connectivity index (χ3v) is 3.06. The molecule has 0 radical (unpaired) electrons. The molecule has 0 aliphatic carbocycles. The lowest BCUT2D eigenvalue weighted by molar-refractivity contribution is 0.0600. The summed E-state index contributed by atoms with van der Waals surface area (Å²) in [6.07, 6.45) is 0. The first-order valence-electron chi connectivity index (χ1n) is 6.60. The minimum Gasteiger partial charge on any atom is -0.497 e. The van der Waals surface area contributed by atoms with Gasteiger partial charge in [0, 0.05) is 11.1 Å². The number of carbonyl (C=O) groups is 1. The smallest absolute Gasteiger partial charge is 0.339 e. The SMILES string of the molecule is COC(=O)c1cc(OC)ccc1C#Cc1ccc(OC)cc1. The molecule has 0 saturated carbocycles. The Hall–Kier alpha value is -2.93. The van der Waals surface area contributed by atoms with Crippen LogP contribution in [0.25, 0.3) is 0 Å². The Bertz CT molecular complexity index is 721. The monoisotopic (exact) mass is 296 g/mol. The van der Waals surface area contributed by atoms with Crippen LogP contribution >= 0.6 is 0 Å². The van der Waals surface area contributed by atoms with Gasteiger partial charge in [-0.15, -0.1) is 0 Å². The highest BCUT2D eigenvalue weighted by Crippen LogP contribution is 2.18. The van der Waals surface area contributed by atoms with Crippen LogP contribution in [0.5, 0.6) is 11.5 Å². The van der Waals surface area contributed by atoms with Crippen molar-refractivity contribution in [3.63, 3.8) is 0 Å². The average molecular weight is 296 g/mol. The molecule has 2 rings (SSSR count). The maximum atomic E-state index is 11.8. The van der Waals surface area contributed by atoms with Crippen molar-refractivity contribution in [1.29, 1.82) is 0 Å². The molecule has 0 fully saturated rings. The lowest BCUT2D eigenvalue weighted by Gasteiger charge is -2.05. The van der Waals surface area contributed by atoms with Crippen LogP contribution in [-0.4, -0.2) is 27.3 Å². The van der Waals surface area contributed by atoms with E-state index in [-0.39, 0.29) is 0 Å². The highest BCUT2D eigenvalue weighted by molar-refractivity contribution is 5.92. The normalized spacial score (nSPS) is 9.41. The number of rotatable bonds is 3. The molecule has 0 unspecified atom stereocenters. The predicted molar refractivity (Wildman–Crippen MR) is 83.3 cm³/mol. The summed E-state index contributed by atoms with van der Waals surface area (Å²) in [6, 6.07) is 12.5. The standard InChI is InChI=1S/C18H16O4/c1-20-15-9-5-13(6-10-15)4-7-14-8-11-16(21-2)12-17(14)18(19)22-3/h5-6,8-12H,1-3H3. The van der Waals surface area contributed by atoms with E-state index in [1.54, 1.807) is 32.4 Å². The third kappa shape index (κ3) is 3.58. The van der Waals surface area contributed by atoms with Crippen LogP contribution < -0.4 is 9.47 Å². The number of esters is 1. The Balaban J connectivity index is 2.36. The molecular weight excluding hydrogens is 280 g/mol. The van der Waals surface area contributed by atoms with Crippen LogP contribution in [0.2, 0.25) is 0 Å². The summed E-state index contributed by atoms with van der Waals surface area (Å²) >= 11 is 0. The topological polar surface area (TPSA) is 44.8 Å². The van der Waals surface area contributed by atoms with Crippen molar-refractivity contribution >= 4 is 5.97 Å². The van der Waals surface area contributed by atoms with Crippen molar-refractivity contribution in [3.8, 4) is 23.3 Å². The van der Waals surface area contributed by atoms with Gasteiger partial charge in [0.1, 0.15) is 11.5 Å². The molecule has 0 aliphatic rings. The van der Waals surface area contributed by atoms with Crippen LogP contribution in [0.1, 0.15) is 21.5 Å². The van der Waals surface area contributed by atoms with Gasteiger partial charge < -0.3 is 14.2 Å². The molecule has 0 amide bonds. The number of hydrogen-bond acceptors (Lipinski definition) is 4. The van der Waals surface area contributed by atoms with Crippen LogP contribution in [0.4, 0.5) is 0 Å². The predicted octanol–water partition coefficient (Wildman–Crippen LogP) is 2.89. The molecule has 2 aromatic rings. The van der Waals surface area contributed by atoms with Gasteiger partial charge in [0.25, 0.3) is 0 Å². The van der Waals surface area contributed by atoms with Crippen LogP contribution in [0.15, 0.2) is 42.5 Å². The first-order chi connectivity index (χ1) is 10.7. The molecule has 0 aromatic heterocycles. The van der Waals surface area contributed by atoms with Crippen LogP contribution in [0, 0.1) is 11.8 Å². The molecule has 2 aromatic carbocycles. The zero-order chi connectivity index (χ0) is 15.9. The molecule has 4 heteroatoms. The van der Waals surface area contributed by atoms with Crippen LogP contribution in [-0.2, 0) is 4.74 Å². The molecule has 0 aliphatic heterocycles. The molecule has 0 heterocycles. The quantitative estimate of drug-likeness (QED) is 0.645. The Kier molecular flexibility index (Phi) is 5.05. The number of hydrogen-bond donors (Lipinski definition) is 0. The number of benzene rings is 2. The van der Waals surface area contributed by atoms with E-state index in [1.165, 1.54) is 7.11 Å². The van der Waals surface area contributed by atoms with Gasteiger partial charge in [0.2, 0.25) is 0 Å². The number of methoxy groups -OCH3 is 3. The Morgan fingerprint density at radius 1 is 0.864 bits per heavy atom. The van der Waals surface area contributed by atoms with E-state index in [0.29, 0.717) is 16.9 Å². The molecule has 0 N–H and O–H groups in total. The van der Waals surface area contributed by atoms with Crippen molar-refractivity contribution in [1.82, 2.24) is 0 Å². The largest absolute Gasteiger partial charge is 0.497 e. The fourth-order valence-corrected chi connectivity index (χ4v) is 1.85. The molecule has 112 valence electrons. The van der Waals surface area contributed by atoms with Crippen molar-refractivity contribution in [3.05, 3.63) is 59.2 Å². The number of ether oxygens (including phenoxy) is 3. The zero-order valence-corrected chi connectivity index (χ0v) is 12.7. The maximum Gasteiger partial charge on any atom is 0.339 e.